The molecule has 0 aliphatic heterocycles. The molecule has 0 aliphatic rings. The Kier molecular flexibility index (Phi) is 5.60. The first-order valence-electron chi connectivity index (χ1n) is 8.90. The minimum Gasteiger partial charge on any atom is -0.347 e. The topological polar surface area (TPSA) is 59.8 Å². The number of nitrogens with one attached hydrogen (secondary N) is 1. The molecule has 0 saturated heterocycles. The summed E-state index contributed by atoms with van der Waals surface area (Å²) >= 11 is 12.3. The SMILES string of the molecule is O=C(NCc1ccncc1)c1cc(-c2ccccc2Cl)nn1-c1ccc(Cl)cc1. The molecule has 4 rings (SSSR count). The van der Waals surface area contributed by atoms with Gasteiger partial charge in [-0.3, -0.25) is 9.78 Å². The van der Waals surface area contributed by atoms with Crippen molar-refractivity contribution in [3.8, 4) is 16.9 Å². The van der Waals surface area contributed by atoms with Crippen molar-refractivity contribution in [1.82, 2.24) is 20.1 Å². The van der Waals surface area contributed by atoms with Crippen LogP contribution in [0.5, 0.6) is 0 Å². The third-order valence-electron chi connectivity index (χ3n) is 4.37. The highest BCUT2D eigenvalue weighted by molar-refractivity contribution is 6.33. The molecule has 0 saturated carbocycles. The molecule has 5 nitrogen and oxygen atoms in total. The van der Waals surface area contributed by atoms with Crippen LogP contribution in [0.3, 0.4) is 0 Å². The standard InChI is InChI=1S/C22H16Cl2N4O/c23-16-5-7-17(8-6-16)28-21(22(29)26-14-15-9-11-25-12-10-15)13-20(27-28)18-3-1-2-4-19(18)24/h1-13H,14H2,(H,26,29). The molecule has 7 heteroatoms. The summed E-state index contributed by atoms with van der Waals surface area (Å²) in [7, 11) is 0. The number of carbonyl (C=O) groups excluding carboxylic acids is 1. The summed E-state index contributed by atoms with van der Waals surface area (Å²) in [5.74, 6) is -0.248. The number of carbonyl (C=O) groups is 1. The van der Waals surface area contributed by atoms with E-state index in [4.69, 9.17) is 23.2 Å². The monoisotopic (exact) mass is 422 g/mol. The Morgan fingerprint density at radius 2 is 1.69 bits per heavy atom. The average Bonchev–Trinajstić information content (AvgIpc) is 3.19. The largest absolute Gasteiger partial charge is 0.347 e. The van der Waals surface area contributed by atoms with Crippen molar-refractivity contribution in [2.75, 3.05) is 0 Å². The fourth-order valence-electron chi connectivity index (χ4n) is 2.90. The first kappa shape index (κ1) is 19.2. The lowest BCUT2D eigenvalue weighted by Crippen LogP contribution is -2.25. The molecule has 0 radical (unpaired) electrons. The number of nitrogens with zero attached hydrogens (tertiary/aromatic N) is 3. The normalized spacial score (nSPS) is 10.7. The van der Waals surface area contributed by atoms with E-state index >= 15 is 0 Å². The van der Waals surface area contributed by atoms with Gasteiger partial charge < -0.3 is 5.32 Å². The number of benzene rings is 2. The second-order valence-corrected chi connectivity index (χ2v) is 7.16. The van der Waals surface area contributed by atoms with Gasteiger partial charge in [0.05, 0.1) is 16.4 Å². The Morgan fingerprint density at radius 1 is 0.966 bits per heavy atom. The second kappa shape index (κ2) is 8.47. The number of pyridine rings is 1. The lowest BCUT2D eigenvalue weighted by molar-refractivity contribution is 0.0943. The van der Waals surface area contributed by atoms with Gasteiger partial charge in [-0.05, 0) is 54.1 Å². The van der Waals surface area contributed by atoms with Gasteiger partial charge in [0.15, 0.2) is 0 Å². The van der Waals surface area contributed by atoms with Crippen LogP contribution in [0, 0.1) is 0 Å². The van der Waals surface area contributed by atoms with Gasteiger partial charge in [-0.25, -0.2) is 4.68 Å². The molecule has 0 fully saturated rings. The van der Waals surface area contributed by atoms with E-state index in [1.54, 1.807) is 41.3 Å². The van der Waals surface area contributed by atoms with Crippen molar-refractivity contribution in [2.45, 2.75) is 6.54 Å². The van der Waals surface area contributed by atoms with Crippen molar-refractivity contribution < 1.29 is 4.79 Å². The molecule has 2 aromatic heterocycles. The highest BCUT2D eigenvalue weighted by atomic mass is 35.5. The summed E-state index contributed by atoms with van der Waals surface area (Å²) in [6, 6.07) is 20.0. The van der Waals surface area contributed by atoms with Crippen LogP contribution in [-0.4, -0.2) is 20.7 Å². The number of hydrogen-bond donors (Lipinski definition) is 1. The fraction of sp³-hybridized carbons (Fsp3) is 0.0455. The summed E-state index contributed by atoms with van der Waals surface area (Å²) in [6.45, 7) is 0.384. The van der Waals surface area contributed by atoms with Crippen molar-refractivity contribution in [3.63, 3.8) is 0 Å². The molecule has 2 heterocycles. The summed E-state index contributed by atoms with van der Waals surface area (Å²) < 4.78 is 1.59. The van der Waals surface area contributed by atoms with E-state index < -0.39 is 0 Å². The molecule has 0 bridgehead atoms. The number of hydrogen-bond acceptors (Lipinski definition) is 3. The number of amides is 1. The van der Waals surface area contributed by atoms with E-state index in [-0.39, 0.29) is 5.91 Å². The molecule has 1 N–H and O–H groups in total. The summed E-state index contributed by atoms with van der Waals surface area (Å²) in [5.41, 5.74) is 3.44. The van der Waals surface area contributed by atoms with Crippen LogP contribution < -0.4 is 5.32 Å². The van der Waals surface area contributed by atoms with Gasteiger partial charge in [0.25, 0.3) is 5.91 Å². The zero-order valence-electron chi connectivity index (χ0n) is 15.2. The molecule has 0 unspecified atom stereocenters. The van der Waals surface area contributed by atoms with Gasteiger partial charge in [-0.2, -0.15) is 5.10 Å². The smallest absolute Gasteiger partial charge is 0.270 e. The first-order valence-corrected chi connectivity index (χ1v) is 9.65. The molecule has 4 aromatic rings. The lowest BCUT2D eigenvalue weighted by atomic mass is 10.1. The second-order valence-electron chi connectivity index (χ2n) is 6.32. The minimum absolute atomic E-state index is 0.248. The van der Waals surface area contributed by atoms with Gasteiger partial charge in [0.2, 0.25) is 0 Å². The van der Waals surface area contributed by atoms with E-state index in [1.165, 1.54) is 0 Å². The Morgan fingerprint density at radius 3 is 2.41 bits per heavy atom. The number of aromatic nitrogens is 3. The molecular weight excluding hydrogens is 407 g/mol. The highest BCUT2D eigenvalue weighted by Gasteiger charge is 2.18. The molecule has 2 aromatic carbocycles. The maximum Gasteiger partial charge on any atom is 0.270 e. The Bertz CT molecular complexity index is 1140. The lowest BCUT2D eigenvalue weighted by Gasteiger charge is -2.08. The number of rotatable bonds is 5. The molecule has 0 atom stereocenters. The van der Waals surface area contributed by atoms with Gasteiger partial charge in [0.1, 0.15) is 5.69 Å². The van der Waals surface area contributed by atoms with E-state index in [2.05, 4.69) is 15.4 Å². The molecule has 0 aliphatic carbocycles. The van der Waals surface area contributed by atoms with Crippen molar-refractivity contribution >= 4 is 29.1 Å². The highest BCUT2D eigenvalue weighted by Crippen LogP contribution is 2.28. The first-order chi connectivity index (χ1) is 14.1. The Balaban J connectivity index is 1.71. The van der Waals surface area contributed by atoms with E-state index in [0.29, 0.717) is 28.0 Å². The Labute approximate surface area is 177 Å². The van der Waals surface area contributed by atoms with Crippen LogP contribution in [-0.2, 0) is 6.54 Å². The van der Waals surface area contributed by atoms with Crippen LogP contribution in [0.1, 0.15) is 16.1 Å². The summed E-state index contributed by atoms with van der Waals surface area (Å²) in [6.07, 6.45) is 3.38. The zero-order valence-corrected chi connectivity index (χ0v) is 16.7. The molecule has 0 spiro atoms. The quantitative estimate of drug-likeness (QED) is 0.482. The predicted octanol–water partition coefficient (Wildman–Crippen LogP) is 5.17. The predicted molar refractivity (Wildman–Crippen MR) is 114 cm³/mol. The van der Waals surface area contributed by atoms with Crippen LogP contribution in [0.2, 0.25) is 10.0 Å². The maximum atomic E-state index is 13.0. The van der Waals surface area contributed by atoms with Crippen LogP contribution >= 0.6 is 23.2 Å². The van der Waals surface area contributed by atoms with Crippen LogP contribution in [0.4, 0.5) is 0 Å². The van der Waals surface area contributed by atoms with Crippen LogP contribution in [0.25, 0.3) is 16.9 Å². The molecule has 1 amide bonds. The minimum atomic E-state index is -0.248. The van der Waals surface area contributed by atoms with Crippen molar-refractivity contribution in [1.29, 1.82) is 0 Å². The van der Waals surface area contributed by atoms with Gasteiger partial charge in [0, 0.05) is 29.5 Å². The number of halogens is 2. The van der Waals surface area contributed by atoms with Gasteiger partial charge >= 0.3 is 0 Å². The van der Waals surface area contributed by atoms with E-state index in [1.807, 2.05) is 42.5 Å². The summed E-state index contributed by atoms with van der Waals surface area (Å²) in [4.78, 5) is 16.9. The Hall–Kier alpha value is -3.15. The van der Waals surface area contributed by atoms with Gasteiger partial charge in [-0.1, -0.05) is 41.4 Å². The summed E-state index contributed by atoms with van der Waals surface area (Å²) in [5, 5.41) is 8.74. The third kappa shape index (κ3) is 4.31. The molecule has 144 valence electrons. The van der Waals surface area contributed by atoms with Crippen molar-refractivity contribution in [2.24, 2.45) is 0 Å². The average molecular weight is 423 g/mol. The maximum absolute atomic E-state index is 13.0. The zero-order chi connectivity index (χ0) is 20.2. The molecule has 29 heavy (non-hydrogen) atoms. The third-order valence-corrected chi connectivity index (χ3v) is 4.95. The van der Waals surface area contributed by atoms with Crippen LogP contribution in [0.15, 0.2) is 79.1 Å². The van der Waals surface area contributed by atoms with Gasteiger partial charge in [-0.15, -0.1) is 0 Å². The molecular formula is C22H16Cl2N4O. The van der Waals surface area contributed by atoms with Crippen molar-refractivity contribution in [3.05, 3.63) is 100 Å². The van der Waals surface area contributed by atoms with E-state index in [9.17, 15) is 4.79 Å². The van der Waals surface area contributed by atoms with E-state index in [0.717, 1.165) is 16.8 Å². The fourth-order valence-corrected chi connectivity index (χ4v) is 3.25.